The van der Waals surface area contributed by atoms with Gasteiger partial charge in [-0.15, -0.1) is 5.10 Å². The molecular weight excluding hydrogens is 468 g/mol. The average molecular weight is 491 g/mol. The van der Waals surface area contributed by atoms with Gasteiger partial charge < -0.3 is 9.50 Å². The summed E-state index contributed by atoms with van der Waals surface area (Å²) in [6.45, 7) is 3.58. The maximum atomic E-state index is 12.6. The van der Waals surface area contributed by atoms with Crippen LogP contribution < -0.4 is 9.50 Å². The Labute approximate surface area is 195 Å². The normalized spacial score (nSPS) is 17.5. The van der Waals surface area contributed by atoms with Gasteiger partial charge in [0.2, 0.25) is 5.91 Å². The monoisotopic (exact) mass is 490 g/mol. The Hall–Kier alpha value is -3.25. The van der Waals surface area contributed by atoms with E-state index in [2.05, 4.69) is 22.4 Å². The predicted molar refractivity (Wildman–Crippen MR) is 126 cm³/mol. The summed E-state index contributed by atoms with van der Waals surface area (Å²) in [5, 5.41) is 22.0. The Balaban J connectivity index is 1.71. The Kier molecular flexibility index (Phi) is 7.82. The zero-order valence-electron chi connectivity index (χ0n) is 17.9. The third-order valence-electron chi connectivity index (χ3n) is 4.68. The molecule has 0 saturated carbocycles. The maximum Gasteiger partial charge on any atom is 0.339 e. The first-order valence-electron chi connectivity index (χ1n) is 10.1. The molecule has 0 aromatic heterocycles. The van der Waals surface area contributed by atoms with Crippen molar-refractivity contribution in [3.8, 4) is 5.75 Å². The van der Waals surface area contributed by atoms with E-state index >= 15 is 0 Å². The highest BCUT2D eigenvalue weighted by Gasteiger charge is 2.29. The third-order valence-corrected chi connectivity index (χ3v) is 7.07. The summed E-state index contributed by atoms with van der Waals surface area (Å²) in [7, 11) is -4.28. The van der Waals surface area contributed by atoms with Crippen LogP contribution in [0, 0.1) is 17.0 Å². The molecule has 1 saturated heterocycles. The first kappa shape index (κ1) is 24.4. The molecule has 2 aromatic rings. The molecule has 0 radical (unpaired) electrons. The molecule has 10 nitrogen and oxygen atoms in total. The Bertz CT molecular complexity index is 1230. The molecule has 1 atom stereocenters. The van der Waals surface area contributed by atoms with Crippen LogP contribution in [-0.2, 0) is 14.9 Å². The molecule has 0 bridgehead atoms. The first-order chi connectivity index (χ1) is 15.7. The number of amides is 1. The summed E-state index contributed by atoms with van der Waals surface area (Å²) in [5.41, 5.74) is 0.541. The number of amidine groups is 1. The van der Waals surface area contributed by atoms with Crippen molar-refractivity contribution in [2.45, 2.75) is 43.3 Å². The lowest BCUT2D eigenvalue weighted by atomic mass is 10.2. The number of rotatable bonds is 9. The van der Waals surface area contributed by atoms with Gasteiger partial charge in [0, 0.05) is 11.6 Å². The molecule has 1 amide bonds. The van der Waals surface area contributed by atoms with E-state index in [1.807, 2.05) is 0 Å². The molecular formula is C21H22N4O6S2. The lowest BCUT2D eigenvalue weighted by Crippen LogP contribution is -2.24. The number of hydrogen-bond acceptors (Lipinski definition) is 9. The van der Waals surface area contributed by atoms with E-state index < -0.39 is 15.0 Å². The topological polar surface area (TPSA) is 140 Å². The summed E-state index contributed by atoms with van der Waals surface area (Å²) >= 11 is 1.33. The van der Waals surface area contributed by atoms with Crippen molar-refractivity contribution in [3.63, 3.8) is 0 Å². The number of aryl methyl sites for hydroxylation is 1. The minimum Gasteiger partial charge on any atom is -0.379 e. The van der Waals surface area contributed by atoms with Crippen molar-refractivity contribution >= 4 is 44.9 Å². The fourth-order valence-corrected chi connectivity index (χ4v) is 4.86. The van der Waals surface area contributed by atoms with Crippen LogP contribution in [0.15, 0.2) is 57.6 Å². The van der Waals surface area contributed by atoms with E-state index in [9.17, 15) is 23.3 Å². The highest BCUT2D eigenvalue weighted by Crippen LogP contribution is 2.26. The number of carbonyl (C=O) groups excluding carboxylic acids is 1. The summed E-state index contributed by atoms with van der Waals surface area (Å²) in [6, 6.07) is 9.69. The predicted octanol–water partition coefficient (Wildman–Crippen LogP) is 3.78. The van der Waals surface area contributed by atoms with Crippen molar-refractivity contribution in [3.05, 3.63) is 63.7 Å². The second-order valence-corrected chi connectivity index (χ2v) is 9.94. The maximum absolute atomic E-state index is 12.6. The van der Waals surface area contributed by atoms with E-state index in [0.717, 1.165) is 25.3 Å². The third kappa shape index (κ3) is 6.39. The van der Waals surface area contributed by atoms with E-state index in [0.29, 0.717) is 16.3 Å². The Morgan fingerprint density at radius 2 is 2.06 bits per heavy atom. The van der Waals surface area contributed by atoms with Crippen molar-refractivity contribution in [1.29, 1.82) is 0 Å². The second-order valence-electron chi connectivity index (χ2n) is 7.20. The van der Waals surface area contributed by atoms with Crippen molar-refractivity contribution in [1.82, 2.24) is 5.32 Å². The van der Waals surface area contributed by atoms with Gasteiger partial charge in [-0.2, -0.15) is 13.5 Å². The van der Waals surface area contributed by atoms with Crippen molar-refractivity contribution in [2.75, 3.05) is 0 Å². The van der Waals surface area contributed by atoms with E-state index in [1.54, 1.807) is 12.1 Å². The molecule has 33 heavy (non-hydrogen) atoms. The first-order valence-corrected chi connectivity index (χ1v) is 12.4. The van der Waals surface area contributed by atoms with Crippen LogP contribution in [0.5, 0.6) is 5.75 Å². The highest BCUT2D eigenvalue weighted by atomic mass is 32.2. The fraction of sp³-hybridized carbons (Fsp3) is 0.286. The van der Waals surface area contributed by atoms with Gasteiger partial charge in [-0.05, 0) is 37.1 Å². The van der Waals surface area contributed by atoms with E-state index in [-0.39, 0.29) is 27.5 Å². The molecule has 3 rings (SSSR count). The number of unbranched alkanes of at least 4 members (excludes halogenated alkanes) is 1. The zero-order chi connectivity index (χ0) is 24.0. The van der Waals surface area contributed by atoms with Gasteiger partial charge >= 0.3 is 10.1 Å². The number of thioether (sulfide) groups is 1. The van der Waals surface area contributed by atoms with Gasteiger partial charge in [0.1, 0.15) is 10.6 Å². The molecule has 2 aromatic carbocycles. The number of nitrogens with zero attached hydrogens (tertiary/aromatic N) is 3. The quantitative estimate of drug-likeness (QED) is 0.244. The number of hydrogen-bond donors (Lipinski definition) is 1. The number of nitro benzene ring substituents is 1. The van der Waals surface area contributed by atoms with Crippen LogP contribution in [0.25, 0.3) is 0 Å². The van der Waals surface area contributed by atoms with Crippen LogP contribution in [0.3, 0.4) is 0 Å². The molecule has 1 aliphatic rings. The largest absolute Gasteiger partial charge is 0.379 e. The van der Waals surface area contributed by atoms with Crippen LogP contribution in [0.1, 0.15) is 37.3 Å². The number of nitro groups is 1. The van der Waals surface area contributed by atoms with E-state index in [4.69, 9.17) is 4.18 Å². The molecule has 12 heteroatoms. The summed E-state index contributed by atoms with van der Waals surface area (Å²) in [6.07, 6.45) is 4.13. The smallest absolute Gasteiger partial charge is 0.339 e. The zero-order valence-corrected chi connectivity index (χ0v) is 19.6. The van der Waals surface area contributed by atoms with Gasteiger partial charge in [0.05, 0.1) is 16.4 Å². The molecule has 1 N–H and O–H groups in total. The van der Waals surface area contributed by atoms with Gasteiger partial charge in [-0.1, -0.05) is 49.7 Å². The number of benzene rings is 2. The molecule has 1 aliphatic heterocycles. The van der Waals surface area contributed by atoms with Gasteiger partial charge in [-0.3, -0.25) is 14.9 Å². The fourth-order valence-electron chi connectivity index (χ4n) is 2.94. The van der Waals surface area contributed by atoms with Crippen molar-refractivity contribution in [2.24, 2.45) is 10.2 Å². The van der Waals surface area contributed by atoms with Gasteiger partial charge in [-0.25, -0.2) is 0 Å². The number of carbonyl (C=O) groups is 1. The minimum absolute atomic E-state index is 0.0120. The SMILES string of the molecule is CCCCC1S/C(=N/N=C/c2cccc(OS(=O)(=O)c3ccc(C)c([N+](=O)[O-])c3)c2)NC1=O. The van der Waals surface area contributed by atoms with Crippen LogP contribution in [-0.4, -0.2) is 35.9 Å². The van der Waals surface area contributed by atoms with E-state index in [1.165, 1.54) is 49.2 Å². The molecule has 174 valence electrons. The van der Waals surface area contributed by atoms with Gasteiger partial charge in [0.25, 0.3) is 5.69 Å². The summed E-state index contributed by atoms with van der Waals surface area (Å²) < 4.78 is 30.3. The van der Waals surface area contributed by atoms with Crippen LogP contribution in [0.2, 0.25) is 0 Å². The van der Waals surface area contributed by atoms with Crippen LogP contribution in [0.4, 0.5) is 5.69 Å². The van der Waals surface area contributed by atoms with Crippen LogP contribution >= 0.6 is 11.8 Å². The minimum atomic E-state index is -4.28. The Morgan fingerprint density at radius 3 is 2.79 bits per heavy atom. The molecule has 1 unspecified atom stereocenters. The molecule has 0 spiro atoms. The lowest BCUT2D eigenvalue weighted by Gasteiger charge is -2.08. The molecule has 1 fully saturated rings. The standard InChI is InChI=1S/C21H22N4O6S2/c1-3-4-8-19-20(26)23-21(32-19)24-22-13-15-6-5-7-16(11-15)31-33(29,30)17-10-9-14(2)18(12-17)25(27)28/h5-7,9-13,19H,3-4,8H2,1-2H3,(H,23,24,26)/b22-13+. The summed E-state index contributed by atoms with van der Waals surface area (Å²) in [4.78, 5) is 22.1. The highest BCUT2D eigenvalue weighted by molar-refractivity contribution is 8.15. The summed E-state index contributed by atoms with van der Waals surface area (Å²) in [5.74, 6) is -0.0719. The average Bonchev–Trinajstić information content (AvgIpc) is 3.11. The second kappa shape index (κ2) is 10.6. The lowest BCUT2D eigenvalue weighted by molar-refractivity contribution is -0.385. The van der Waals surface area contributed by atoms with Crippen molar-refractivity contribution < 1.29 is 22.3 Å². The number of nitrogens with one attached hydrogen (secondary N) is 1. The molecule has 1 heterocycles. The molecule has 0 aliphatic carbocycles. The Morgan fingerprint density at radius 1 is 1.27 bits per heavy atom. The van der Waals surface area contributed by atoms with Gasteiger partial charge in [0.15, 0.2) is 5.17 Å².